The van der Waals surface area contributed by atoms with E-state index in [9.17, 15) is 16.8 Å². The predicted octanol–water partition coefficient (Wildman–Crippen LogP) is -0.918. The molecule has 0 aliphatic heterocycles. The summed E-state index contributed by atoms with van der Waals surface area (Å²) in [5, 5.41) is 14.0. The van der Waals surface area contributed by atoms with Gasteiger partial charge in [0.25, 0.3) is 10.1 Å². The SMILES string of the molecule is COc1ccc(S(N)(=O)=O)c(CO)c1S(=O)(=O)O. The Kier molecular flexibility index (Phi) is 3.98. The maximum Gasteiger partial charge on any atom is 0.298 e. The summed E-state index contributed by atoms with van der Waals surface area (Å²) in [7, 11) is -7.89. The fourth-order valence-corrected chi connectivity index (χ4v) is 3.17. The van der Waals surface area contributed by atoms with Crippen molar-refractivity contribution in [2.24, 2.45) is 5.14 Å². The molecule has 0 aromatic heterocycles. The summed E-state index contributed by atoms with van der Waals surface area (Å²) in [5.74, 6) is -0.297. The van der Waals surface area contributed by atoms with Crippen LogP contribution in [0.5, 0.6) is 5.75 Å². The van der Waals surface area contributed by atoms with Crippen LogP contribution in [0.25, 0.3) is 0 Å². The Morgan fingerprint density at radius 1 is 1.28 bits per heavy atom. The highest BCUT2D eigenvalue weighted by molar-refractivity contribution is 7.89. The third-order valence-electron chi connectivity index (χ3n) is 2.12. The monoisotopic (exact) mass is 297 g/mol. The number of methoxy groups -OCH3 is 1. The summed E-state index contributed by atoms with van der Waals surface area (Å²) in [6.45, 7) is -0.946. The second kappa shape index (κ2) is 4.82. The summed E-state index contributed by atoms with van der Waals surface area (Å²) < 4.78 is 58.6. The minimum atomic E-state index is -4.78. The average molecular weight is 297 g/mol. The standard InChI is InChI=1S/C8H11NO7S2/c1-16-6-2-3-7(17(9,11)12)5(4-10)8(6)18(13,14)15/h2-3,10H,4H2,1H3,(H2,9,11,12)(H,13,14,15). The van der Waals surface area contributed by atoms with Gasteiger partial charge in [-0.25, -0.2) is 13.6 Å². The smallest absolute Gasteiger partial charge is 0.298 e. The molecule has 0 aliphatic rings. The summed E-state index contributed by atoms with van der Waals surface area (Å²) in [4.78, 5) is -1.42. The molecule has 0 bridgehead atoms. The van der Waals surface area contributed by atoms with Gasteiger partial charge < -0.3 is 9.84 Å². The summed E-state index contributed by atoms with van der Waals surface area (Å²) in [5.41, 5.74) is -0.542. The molecule has 0 saturated carbocycles. The maximum atomic E-state index is 11.2. The van der Waals surface area contributed by atoms with Crippen LogP contribution in [0.3, 0.4) is 0 Å². The Balaban J connectivity index is 3.87. The topological polar surface area (TPSA) is 144 Å². The molecule has 0 unspecified atom stereocenters. The lowest BCUT2D eigenvalue weighted by molar-refractivity contribution is 0.272. The van der Waals surface area contributed by atoms with Crippen LogP contribution in [-0.2, 0) is 26.7 Å². The number of primary sulfonamides is 1. The van der Waals surface area contributed by atoms with Gasteiger partial charge in [0.05, 0.1) is 18.6 Å². The van der Waals surface area contributed by atoms with Crippen molar-refractivity contribution in [1.29, 1.82) is 0 Å². The fourth-order valence-electron chi connectivity index (χ4n) is 1.45. The molecule has 0 amide bonds. The lowest BCUT2D eigenvalue weighted by atomic mass is 10.2. The Labute approximate surface area is 104 Å². The van der Waals surface area contributed by atoms with Crippen molar-refractivity contribution in [3.05, 3.63) is 17.7 Å². The molecule has 18 heavy (non-hydrogen) atoms. The maximum absolute atomic E-state index is 11.2. The molecular formula is C8H11NO7S2. The number of aliphatic hydroxyl groups is 1. The number of ether oxygens (including phenoxy) is 1. The van der Waals surface area contributed by atoms with Crippen LogP contribution >= 0.6 is 0 Å². The third kappa shape index (κ3) is 2.79. The summed E-state index contributed by atoms with van der Waals surface area (Å²) in [6.07, 6.45) is 0. The van der Waals surface area contributed by atoms with Crippen molar-refractivity contribution in [1.82, 2.24) is 0 Å². The number of aliphatic hydroxyl groups excluding tert-OH is 1. The van der Waals surface area contributed by atoms with Gasteiger partial charge in [0.15, 0.2) is 0 Å². The highest BCUT2D eigenvalue weighted by atomic mass is 32.2. The molecule has 1 rings (SSSR count). The lowest BCUT2D eigenvalue weighted by Gasteiger charge is -2.13. The van der Waals surface area contributed by atoms with Crippen LogP contribution in [0, 0.1) is 0 Å². The Morgan fingerprint density at radius 3 is 2.17 bits per heavy atom. The van der Waals surface area contributed by atoms with E-state index in [1.807, 2.05) is 0 Å². The van der Waals surface area contributed by atoms with Gasteiger partial charge in [-0.15, -0.1) is 0 Å². The molecular weight excluding hydrogens is 286 g/mol. The van der Waals surface area contributed by atoms with E-state index >= 15 is 0 Å². The highest BCUT2D eigenvalue weighted by Gasteiger charge is 2.27. The van der Waals surface area contributed by atoms with E-state index in [2.05, 4.69) is 0 Å². The van der Waals surface area contributed by atoms with E-state index in [-0.39, 0.29) is 5.75 Å². The molecule has 0 fully saturated rings. The normalized spacial score (nSPS) is 12.4. The molecule has 10 heteroatoms. The van der Waals surface area contributed by atoms with Crippen molar-refractivity contribution >= 4 is 20.1 Å². The lowest BCUT2D eigenvalue weighted by Crippen LogP contribution is -2.17. The van der Waals surface area contributed by atoms with Gasteiger partial charge in [0.2, 0.25) is 10.0 Å². The van der Waals surface area contributed by atoms with Crippen LogP contribution in [-0.4, -0.2) is 33.6 Å². The van der Waals surface area contributed by atoms with Crippen LogP contribution in [0.15, 0.2) is 21.9 Å². The first-order valence-corrected chi connectivity index (χ1v) is 7.42. The van der Waals surface area contributed by atoms with E-state index in [0.717, 1.165) is 19.2 Å². The number of hydrogen-bond acceptors (Lipinski definition) is 6. The zero-order chi connectivity index (χ0) is 14.1. The first-order chi connectivity index (χ1) is 8.12. The molecule has 0 spiro atoms. The number of hydrogen-bond donors (Lipinski definition) is 3. The van der Waals surface area contributed by atoms with Crippen molar-refractivity contribution in [3.63, 3.8) is 0 Å². The van der Waals surface area contributed by atoms with Crippen LogP contribution < -0.4 is 9.88 Å². The molecule has 4 N–H and O–H groups in total. The largest absolute Gasteiger partial charge is 0.495 e. The van der Waals surface area contributed by atoms with Gasteiger partial charge in [-0.05, 0) is 12.1 Å². The van der Waals surface area contributed by atoms with Gasteiger partial charge >= 0.3 is 0 Å². The van der Waals surface area contributed by atoms with Crippen LogP contribution in [0.1, 0.15) is 5.56 Å². The molecule has 0 atom stereocenters. The number of benzene rings is 1. The van der Waals surface area contributed by atoms with Crippen molar-refractivity contribution in [3.8, 4) is 5.75 Å². The molecule has 1 aromatic rings. The second-order valence-corrected chi connectivity index (χ2v) is 6.14. The molecule has 8 nitrogen and oxygen atoms in total. The molecule has 0 saturated heterocycles. The van der Waals surface area contributed by atoms with Gasteiger partial charge in [-0.1, -0.05) is 0 Å². The molecule has 0 radical (unpaired) electrons. The number of nitrogens with two attached hydrogens (primary N) is 1. The Bertz CT molecular complexity index is 663. The van der Waals surface area contributed by atoms with Crippen molar-refractivity contribution in [2.45, 2.75) is 16.4 Å². The van der Waals surface area contributed by atoms with E-state index < -0.39 is 42.1 Å². The zero-order valence-corrected chi connectivity index (χ0v) is 10.8. The second-order valence-electron chi connectivity index (χ2n) is 3.25. The van der Waals surface area contributed by atoms with Crippen molar-refractivity contribution in [2.75, 3.05) is 7.11 Å². The zero-order valence-electron chi connectivity index (χ0n) is 9.19. The Hall–Kier alpha value is -1.20. The molecule has 102 valence electrons. The van der Waals surface area contributed by atoms with Crippen LogP contribution in [0.2, 0.25) is 0 Å². The third-order valence-corrected chi connectivity index (χ3v) is 4.08. The van der Waals surface area contributed by atoms with Crippen LogP contribution in [0.4, 0.5) is 0 Å². The summed E-state index contributed by atoms with van der Waals surface area (Å²) >= 11 is 0. The average Bonchev–Trinajstić information content (AvgIpc) is 2.24. The number of sulfonamides is 1. The first-order valence-electron chi connectivity index (χ1n) is 4.44. The van der Waals surface area contributed by atoms with E-state index in [1.165, 1.54) is 0 Å². The summed E-state index contributed by atoms with van der Waals surface area (Å²) in [6, 6.07) is 2.00. The van der Waals surface area contributed by atoms with Gasteiger partial charge in [-0.2, -0.15) is 8.42 Å². The van der Waals surface area contributed by atoms with E-state index in [1.54, 1.807) is 0 Å². The minimum absolute atomic E-state index is 0.297. The fraction of sp³-hybridized carbons (Fsp3) is 0.250. The quantitative estimate of drug-likeness (QED) is 0.609. The Morgan fingerprint density at radius 2 is 1.83 bits per heavy atom. The first kappa shape index (κ1) is 14.9. The van der Waals surface area contributed by atoms with Gasteiger partial charge in [-0.3, -0.25) is 4.55 Å². The highest BCUT2D eigenvalue weighted by Crippen LogP contribution is 2.31. The molecule has 0 aliphatic carbocycles. The van der Waals surface area contributed by atoms with E-state index in [4.69, 9.17) is 19.5 Å². The number of rotatable bonds is 4. The van der Waals surface area contributed by atoms with Gasteiger partial charge in [0, 0.05) is 5.56 Å². The predicted molar refractivity (Wildman–Crippen MR) is 60.1 cm³/mol. The van der Waals surface area contributed by atoms with Gasteiger partial charge in [0.1, 0.15) is 10.6 Å². The molecule has 0 heterocycles. The van der Waals surface area contributed by atoms with E-state index in [0.29, 0.717) is 0 Å². The molecule has 1 aromatic carbocycles. The van der Waals surface area contributed by atoms with Crippen molar-refractivity contribution < 1.29 is 31.2 Å². The minimum Gasteiger partial charge on any atom is -0.495 e.